The minimum atomic E-state index is 0.887. The Morgan fingerprint density at radius 2 is 2.35 bits per heavy atom. The molecule has 0 atom stereocenters. The van der Waals surface area contributed by atoms with Gasteiger partial charge in [-0.1, -0.05) is 0 Å². The van der Waals surface area contributed by atoms with E-state index in [2.05, 4.69) is 16.4 Å². The maximum absolute atomic E-state index is 5.22. The molecule has 0 amide bonds. The van der Waals surface area contributed by atoms with Crippen molar-refractivity contribution >= 4 is 21.6 Å². The number of hydrogen-bond donors (Lipinski definition) is 1. The number of aromatic nitrogens is 1. The third kappa shape index (κ3) is 2.58. The van der Waals surface area contributed by atoms with Crippen molar-refractivity contribution in [3.05, 3.63) is 23.2 Å². The first-order chi connectivity index (χ1) is 8.35. The zero-order valence-electron chi connectivity index (χ0n) is 9.90. The van der Waals surface area contributed by atoms with Gasteiger partial charge in [-0.2, -0.15) is 0 Å². The summed E-state index contributed by atoms with van der Waals surface area (Å²) in [6.07, 6.45) is 2.79. The van der Waals surface area contributed by atoms with Crippen molar-refractivity contribution in [3.63, 3.8) is 0 Å². The van der Waals surface area contributed by atoms with Gasteiger partial charge in [0.1, 0.15) is 10.8 Å². The summed E-state index contributed by atoms with van der Waals surface area (Å²) in [6.45, 7) is 2.03. The maximum atomic E-state index is 5.22. The van der Waals surface area contributed by atoms with Crippen molar-refractivity contribution in [2.75, 3.05) is 13.7 Å². The zero-order valence-corrected chi connectivity index (χ0v) is 10.7. The number of benzene rings is 1. The summed E-state index contributed by atoms with van der Waals surface area (Å²) in [5.41, 5.74) is 1.07. The van der Waals surface area contributed by atoms with Crippen LogP contribution in [0.4, 0.5) is 0 Å². The second kappa shape index (κ2) is 4.63. The molecule has 1 aromatic carbocycles. The van der Waals surface area contributed by atoms with Crippen LogP contribution in [-0.2, 0) is 6.54 Å². The van der Waals surface area contributed by atoms with E-state index in [9.17, 15) is 0 Å². The number of fused-ring (bicyclic) bond motifs is 1. The van der Waals surface area contributed by atoms with E-state index in [1.54, 1.807) is 18.4 Å². The second-order valence-corrected chi connectivity index (χ2v) is 5.63. The fourth-order valence-electron chi connectivity index (χ4n) is 1.86. The van der Waals surface area contributed by atoms with Gasteiger partial charge in [0.05, 0.1) is 17.3 Å². The van der Waals surface area contributed by atoms with Crippen molar-refractivity contribution in [3.8, 4) is 5.75 Å². The SMILES string of the molecule is COc1ccc2nc(CNCC3CC3)sc2c1. The molecule has 1 saturated carbocycles. The van der Waals surface area contributed by atoms with Crippen LogP contribution in [-0.4, -0.2) is 18.6 Å². The number of thiazole rings is 1. The summed E-state index contributed by atoms with van der Waals surface area (Å²) in [7, 11) is 1.69. The standard InChI is InChI=1S/C13H16N2OS/c1-16-10-4-5-11-12(6-10)17-13(15-11)8-14-7-9-2-3-9/h4-6,9,14H,2-3,7-8H2,1H3. The van der Waals surface area contributed by atoms with Crippen molar-refractivity contribution in [2.45, 2.75) is 19.4 Å². The Hall–Kier alpha value is -1.13. The fourth-order valence-corrected chi connectivity index (χ4v) is 2.83. The predicted molar refractivity (Wildman–Crippen MR) is 70.6 cm³/mol. The van der Waals surface area contributed by atoms with Gasteiger partial charge in [-0.05, 0) is 43.5 Å². The van der Waals surface area contributed by atoms with Crippen LogP contribution >= 0.6 is 11.3 Å². The molecule has 2 aromatic rings. The first-order valence-corrected chi connectivity index (χ1v) is 6.81. The molecule has 4 heteroatoms. The van der Waals surface area contributed by atoms with Crippen LogP contribution < -0.4 is 10.1 Å². The molecule has 1 aromatic heterocycles. The monoisotopic (exact) mass is 248 g/mol. The van der Waals surface area contributed by atoms with Gasteiger partial charge >= 0.3 is 0 Å². The van der Waals surface area contributed by atoms with Crippen LogP contribution in [0, 0.1) is 5.92 Å². The third-order valence-corrected chi connectivity index (χ3v) is 4.06. The summed E-state index contributed by atoms with van der Waals surface area (Å²) in [6, 6.07) is 6.04. The smallest absolute Gasteiger partial charge is 0.120 e. The van der Waals surface area contributed by atoms with E-state index in [1.165, 1.54) is 17.5 Å². The summed E-state index contributed by atoms with van der Waals surface area (Å²) < 4.78 is 6.42. The molecule has 0 bridgehead atoms. The molecule has 0 saturated heterocycles. The number of ether oxygens (including phenoxy) is 1. The molecule has 0 aliphatic heterocycles. The van der Waals surface area contributed by atoms with Crippen LogP contribution in [0.15, 0.2) is 18.2 Å². The fraction of sp³-hybridized carbons (Fsp3) is 0.462. The normalized spacial score (nSPS) is 15.4. The summed E-state index contributed by atoms with van der Waals surface area (Å²) in [4.78, 5) is 4.61. The van der Waals surface area contributed by atoms with Gasteiger partial charge in [-0.15, -0.1) is 11.3 Å². The predicted octanol–water partition coefficient (Wildman–Crippen LogP) is 2.80. The highest BCUT2D eigenvalue weighted by Crippen LogP contribution is 2.28. The molecule has 3 nitrogen and oxygen atoms in total. The van der Waals surface area contributed by atoms with E-state index in [4.69, 9.17) is 4.74 Å². The van der Waals surface area contributed by atoms with E-state index < -0.39 is 0 Å². The van der Waals surface area contributed by atoms with Gasteiger partial charge in [-0.25, -0.2) is 4.98 Å². The molecule has 1 N–H and O–H groups in total. The topological polar surface area (TPSA) is 34.1 Å². The summed E-state index contributed by atoms with van der Waals surface area (Å²) in [5, 5.41) is 4.63. The molecule has 1 aliphatic rings. The maximum Gasteiger partial charge on any atom is 0.120 e. The lowest BCUT2D eigenvalue weighted by atomic mass is 10.3. The Kier molecular flexibility index (Phi) is 2.99. The minimum Gasteiger partial charge on any atom is -0.497 e. The van der Waals surface area contributed by atoms with Gasteiger partial charge in [0.25, 0.3) is 0 Å². The lowest BCUT2D eigenvalue weighted by molar-refractivity contribution is 0.415. The van der Waals surface area contributed by atoms with Crippen LogP contribution in [0.5, 0.6) is 5.75 Å². The van der Waals surface area contributed by atoms with E-state index >= 15 is 0 Å². The van der Waals surface area contributed by atoms with Crippen molar-refractivity contribution in [1.82, 2.24) is 10.3 Å². The molecule has 17 heavy (non-hydrogen) atoms. The van der Waals surface area contributed by atoms with E-state index in [0.717, 1.165) is 35.3 Å². The van der Waals surface area contributed by atoms with Crippen LogP contribution in [0.25, 0.3) is 10.2 Å². The van der Waals surface area contributed by atoms with E-state index in [1.807, 2.05) is 12.1 Å². The Balaban J connectivity index is 1.71. The van der Waals surface area contributed by atoms with E-state index in [-0.39, 0.29) is 0 Å². The zero-order chi connectivity index (χ0) is 11.7. The largest absolute Gasteiger partial charge is 0.497 e. The molecule has 0 spiro atoms. The highest BCUT2D eigenvalue weighted by molar-refractivity contribution is 7.18. The van der Waals surface area contributed by atoms with Crippen molar-refractivity contribution in [2.24, 2.45) is 5.92 Å². The van der Waals surface area contributed by atoms with Crippen molar-refractivity contribution in [1.29, 1.82) is 0 Å². The average molecular weight is 248 g/mol. The van der Waals surface area contributed by atoms with Crippen LogP contribution in [0.1, 0.15) is 17.8 Å². The number of methoxy groups -OCH3 is 1. The summed E-state index contributed by atoms with van der Waals surface area (Å²) >= 11 is 1.75. The number of nitrogens with zero attached hydrogens (tertiary/aromatic N) is 1. The first kappa shape index (κ1) is 11.0. The van der Waals surface area contributed by atoms with Gasteiger partial charge in [0.15, 0.2) is 0 Å². The van der Waals surface area contributed by atoms with Gasteiger partial charge in [-0.3, -0.25) is 0 Å². The minimum absolute atomic E-state index is 0.887. The second-order valence-electron chi connectivity index (χ2n) is 4.52. The van der Waals surface area contributed by atoms with Crippen LogP contribution in [0.3, 0.4) is 0 Å². The lowest BCUT2D eigenvalue weighted by Gasteiger charge is -1.98. The number of nitrogens with one attached hydrogen (secondary N) is 1. The quantitative estimate of drug-likeness (QED) is 0.883. The summed E-state index contributed by atoms with van der Waals surface area (Å²) in [5.74, 6) is 1.82. The average Bonchev–Trinajstić information content (AvgIpc) is 3.07. The molecule has 1 fully saturated rings. The highest BCUT2D eigenvalue weighted by Gasteiger charge is 2.20. The van der Waals surface area contributed by atoms with Crippen LogP contribution in [0.2, 0.25) is 0 Å². The Morgan fingerprint density at radius 1 is 1.47 bits per heavy atom. The molecular formula is C13H16N2OS. The Morgan fingerprint density at radius 3 is 3.12 bits per heavy atom. The molecule has 90 valence electrons. The molecular weight excluding hydrogens is 232 g/mol. The molecule has 3 rings (SSSR count). The molecule has 1 heterocycles. The molecule has 0 unspecified atom stereocenters. The Labute approximate surface area is 105 Å². The lowest BCUT2D eigenvalue weighted by Crippen LogP contribution is -2.15. The van der Waals surface area contributed by atoms with Gasteiger partial charge in [0, 0.05) is 6.54 Å². The van der Waals surface area contributed by atoms with Gasteiger partial charge in [0.2, 0.25) is 0 Å². The highest BCUT2D eigenvalue weighted by atomic mass is 32.1. The Bertz CT molecular complexity index is 519. The first-order valence-electron chi connectivity index (χ1n) is 5.99. The number of hydrogen-bond acceptors (Lipinski definition) is 4. The third-order valence-electron chi connectivity index (χ3n) is 3.05. The molecule has 1 aliphatic carbocycles. The van der Waals surface area contributed by atoms with E-state index in [0.29, 0.717) is 0 Å². The van der Waals surface area contributed by atoms with Crippen molar-refractivity contribution < 1.29 is 4.74 Å². The van der Waals surface area contributed by atoms with Gasteiger partial charge < -0.3 is 10.1 Å². The molecule has 0 radical (unpaired) electrons. The number of rotatable bonds is 5.